The highest BCUT2D eigenvalue weighted by atomic mass is 35.5. The third kappa shape index (κ3) is 3.73. The minimum absolute atomic E-state index is 0.661. The lowest BCUT2D eigenvalue weighted by Crippen LogP contribution is -3.13. The highest BCUT2D eigenvalue weighted by Crippen LogP contribution is 2.18. The highest BCUT2D eigenvalue weighted by molar-refractivity contribution is 6.18. The third-order valence-corrected chi connectivity index (χ3v) is 4.54. The molecular formula is C16H25ClN+. The molecule has 1 saturated heterocycles. The molecule has 18 heavy (non-hydrogen) atoms. The van der Waals surface area contributed by atoms with Crippen molar-refractivity contribution in [1.82, 2.24) is 0 Å². The summed E-state index contributed by atoms with van der Waals surface area (Å²) in [5.41, 5.74) is 1.44. The SMILES string of the molecule is CCCC[C@H]1C[C@H](CCl)[NH+](Cc2ccccc2)C1. The van der Waals surface area contributed by atoms with Crippen molar-refractivity contribution in [3.8, 4) is 0 Å². The highest BCUT2D eigenvalue weighted by Gasteiger charge is 2.34. The summed E-state index contributed by atoms with van der Waals surface area (Å²) >= 11 is 6.15. The molecule has 1 N–H and O–H groups in total. The van der Waals surface area contributed by atoms with Crippen LogP contribution in [0.3, 0.4) is 0 Å². The second-order valence-corrected chi connectivity index (χ2v) is 5.93. The number of halogens is 1. The topological polar surface area (TPSA) is 4.44 Å². The zero-order valence-electron chi connectivity index (χ0n) is 11.4. The first-order chi connectivity index (χ1) is 8.83. The molecule has 1 aromatic carbocycles. The Morgan fingerprint density at radius 2 is 2.06 bits per heavy atom. The van der Waals surface area contributed by atoms with Gasteiger partial charge in [0.1, 0.15) is 12.6 Å². The monoisotopic (exact) mass is 266 g/mol. The predicted octanol–water partition coefficient (Wildman–Crippen LogP) is 2.89. The van der Waals surface area contributed by atoms with Crippen molar-refractivity contribution in [3.63, 3.8) is 0 Å². The largest absolute Gasteiger partial charge is 0.328 e. The molecule has 0 aliphatic carbocycles. The van der Waals surface area contributed by atoms with Gasteiger partial charge >= 0.3 is 0 Å². The summed E-state index contributed by atoms with van der Waals surface area (Å²) in [6.45, 7) is 4.73. The van der Waals surface area contributed by atoms with Crippen molar-refractivity contribution in [2.45, 2.75) is 45.2 Å². The van der Waals surface area contributed by atoms with E-state index in [0.29, 0.717) is 6.04 Å². The van der Waals surface area contributed by atoms with E-state index in [0.717, 1.165) is 18.3 Å². The van der Waals surface area contributed by atoms with E-state index in [4.69, 9.17) is 11.6 Å². The van der Waals surface area contributed by atoms with Gasteiger partial charge in [-0.2, -0.15) is 0 Å². The molecule has 1 aromatic rings. The molecule has 0 saturated carbocycles. The van der Waals surface area contributed by atoms with Gasteiger partial charge in [0.25, 0.3) is 0 Å². The third-order valence-electron chi connectivity index (χ3n) is 4.17. The van der Waals surface area contributed by atoms with Crippen LogP contribution >= 0.6 is 11.6 Å². The molecule has 2 rings (SSSR count). The Balaban J connectivity index is 1.91. The maximum atomic E-state index is 6.15. The molecule has 1 aliphatic rings. The number of nitrogens with one attached hydrogen (secondary N) is 1. The van der Waals surface area contributed by atoms with Crippen molar-refractivity contribution >= 4 is 11.6 Å². The summed E-state index contributed by atoms with van der Waals surface area (Å²) in [6.07, 6.45) is 5.40. The van der Waals surface area contributed by atoms with Crippen LogP contribution in [0.2, 0.25) is 0 Å². The van der Waals surface area contributed by atoms with E-state index in [1.807, 2.05) is 0 Å². The number of rotatable bonds is 6. The van der Waals surface area contributed by atoms with Crippen LogP contribution in [0.4, 0.5) is 0 Å². The Hall–Kier alpha value is -0.530. The summed E-state index contributed by atoms with van der Waals surface area (Å²) in [5, 5.41) is 0. The molecule has 3 atom stereocenters. The fourth-order valence-electron chi connectivity index (χ4n) is 3.15. The molecule has 100 valence electrons. The van der Waals surface area contributed by atoms with Crippen molar-refractivity contribution < 1.29 is 4.90 Å². The number of likely N-dealkylation sites (tertiary alicyclic amines) is 1. The first-order valence-corrected chi connectivity index (χ1v) is 7.81. The maximum Gasteiger partial charge on any atom is 0.103 e. The lowest BCUT2D eigenvalue weighted by Gasteiger charge is -2.19. The van der Waals surface area contributed by atoms with Crippen molar-refractivity contribution in [1.29, 1.82) is 0 Å². The standard InChI is InChI=1S/C16H24ClN/c1-2-3-7-15-10-16(11-17)18(13-15)12-14-8-5-4-6-9-14/h4-6,8-9,15-16H,2-3,7,10-13H2,1H3/p+1/t15-,16+/m0/s1. The number of alkyl halides is 1. The Bertz CT molecular complexity index is 338. The lowest BCUT2D eigenvalue weighted by atomic mass is 10.00. The quantitative estimate of drug-likeness (QED) is 0.756. The average molecular weight is 267 g/mol. The molecule has 0 bridgehead atoms. The Morgan fingerprint density at radius 3 is 2.72 bits per heavy atom. The second-order valence-electron chi connectivity index (χ2n) is 5.62. The van der Waals surface area contributed by atoms with E-state index in [2.05, 4.69) is 37.3 Å². The van der Waals surface area contributed by atoms with Gasteiger partial charge in [0.15, 0.2) is 0 Å². The van der Waals surface area contributed by atoms with Gasteiger partial charge in [-0.15, -0.1) is 11.6 Å². The molecule has 0 spiro atoms. The van der Waals surface area contributed by atoms with E-state index >= 15 is 0 Å². The van der Waals surface area contributed by atoms with Gasteiger partial charge in [-0.3, -0.25) is 0 Å². The first-order valence-electron chi connectivity index (χ1n) is 7.28. The molecule has 1 unspecified atom stereocenters. The first kappa shape index (κ1) is 13.9. The second kappa shape index (κ2) is 7.16. The normalized spacial score (nSPS) is 27.6. The van der Waals surface area contributed by atoms with Crippen LogP contribution in [0.1, 0.15) is 38.2 Å². The zero-order valence-corrected chi connectivity index (χ0v) is 12.1. The van der Waals surface area contributed by atoms with Gasteiger partial charge in [0.05, 0.1) is 12.4 Å². The average Bonchev–Trinajstić information content (AvgIpc) is 2.80. The van der Waals surface area contributed by atoms with Crippen LogP contribution < -0.4 is 4.90 Å². The Morgan fingerprint density at radius 1 is 1.28 bits per heavy atom. The molecular weight excluding hydrogens is 242 g/mol. The number of hydrogen-bond donors (Lipinski definition) is 1. The summed E-state index contributed by atoms with van der Waals surface area (Å²) < 4.78 is 0. The Labute approximate surface area is 116 Å². The molecule has 0 aromatic heterocycles. The van der Waals surface area contributed by atoms with E-state index in [1.165, 1.54) is 37.8 Å². The van der Waals surface area contributed by atoms with Gasteiger partial charge in [-0.25, -0.2) is 0 Å². The number of quaternary nitrogens is 1. The molecule has 2 heteroatoms. The molecule has 0 amide bonds. The summed E-state index contributed by atoms with van der Waals surface area (Å²) in [7, 11) is 0. The lowest BCUT2D eigenvalue weighted by molar-refractivity contribution is -0.924. The molecule has 1 heterocycles. The van der Waals surface area contributed by atoms with Crippen LogP contribution in [0, 0.1) is 5.92 Å². The number of unbranched alkanes of at least 4 members (excludes halogenated alkanes) is 1. The summed E-state index contributed by atoms with van der Waals surface area (Å²) in [6, 6.07) is 11.5. The fraction of sp³-hybridized carbons (Fsp3) is 0.625. The van der Waals surface area contributed by atoms with E-state index < -0.39 is 0 Å². The molecule has 0 radical (unpaired) electrons. The number of benzene rings is 1. The van der Waals surface area contributed by atoms with Gasteiger partial charge in [0.2, 0.25) is 0 Å². The molecule has 1 aliphatic heterocycles. The van der Waals surface area contributed by atoms with Crippen LogP contribution in [-0.4, -0.2) is 18.5 Å². The molecule has 1 nitrogen and oxygen atoms in total. The van der Waals surface area contributed by atoms with Gasteiger partial charge in [0, 0.05) is 17.9 Å². The minimum Gasteiger partial charge on any atom is -0.328 e. The number of hydrogen-bond acceptors (Lipinski definition) is 0. The van der Waals surface area contributed by atoms with Crippen molar-refractivity contribution in [3.05, 3.63) is 35.9 Å². The van der Waals surface area contributed by atoms with Gasteiger partial charge in [-0.05, 0) is 6.42 Å². The van der Waals surface area contributed by atoms with Crippen molar-refractivity contribution in [2.75, 3.05) is 12.4 Å². The van der Waals surface area contributed by atoms with E-state index in [9.17, 15) is 0 Å². The van der Waals surface area contributed by atoms with E-state index in [1.54, 1.807) is 4.90 Å². The smallest absolute Gasteiger partial charge is 0.103 e. The molecule has 1 fully saturated rings. The van der Waals surface area contributed by atoms with Gasteiger partial charge in [-0.1, -0.05) is 50.1 Å². The zero-order chi connectivity index (χ0) is 12.8. The van der Waals surface area contributed by atoms with Crippen molar-refractivity contribution in [2.24, 2.45) is 5.92 Å². The van der Waals surface area contributed by atoms with Crippen LogP contribution in [0.25, 0.3) is 0 Å². The minimum atomic E-state index is 0.661. The summed E-state index contributed by atoms with van der Waals surface area (Å²) in [4.78, 5) is 1.69. The van der Waals surface area contributed by atoms with Crippen LogP contribution in [0.15, 0.2) is 30.3 Å². The van der Waals surface area contributed by atoms with Crippen LogP contribution in [0.5, 0.6) is 0 Å². The van der Waals surface area contributed by atoms with Crippen LogP contribution in [-0.2, 0) is 6.54 Å². The van der Waals surface area contributed by atoms with Gasteiger partial charge < -0.3 is 4.90 Å². The Kier molecular flexibility index (Phi) is 5.52. The maximum absolute atomic E-state index is 6.15. The van der Waals surface area contributed by atoms with E-state index in [-0.39, 0.29) is 0 Å². The summed E-state index contributed by atoms with van der Waals surface area (Å²) in [5.74, 6) is 1.71. The fourth-order valence-corrected chi connectivity index (χ4v) is 3.49. The predicted molar refractivity (Wildman–Crippen MR) is 78.1 cm³/mol.